The van der Waals surface area contributed by atoms with Crippen molar-refractivity contribution < 1.29 is 23.1 Å². The number of hydrogen-bond donors (Lipinski definition) is 1. The van der Waals surface area contributed by atoms with Gasteiger partial charge in [-0.3, -0.25) is 4.98 Å². The topological polar surface area (TPSA) is 78.5 Å². The molecule has 25 heavy (non-hydrogen) atoms. The van der Waals surface area contributed by atoms with Crippen LogP contribution < -0.4 is 0 Å². The minimum absolute atomic E-state index is 0.0273. The highest BCUT2D eigenvalue weighted by Gasteiger charge is 2.60. The Morgan fingerprint density at radius 3 is 2.52 bits per heavy atom. The van der Waals surface area contributed by atoms with Crippen LogP contribution in [-0.4, -0.2) is 27.8 Å². The van der Waals surface area contributed by atoms with Gasteiger partial charge in [0.2, 0.25) is 0 Å². The summed E-state index contributed by atoms with van der Waals surface area (Å²) in [4.78, 5) is 8.18. The van der Waals surface area contributed by atoms with E-state index >= 15 is 0 Å². The van der Waals surface area contributed by atoms with Gasteiger partial charge >= 0.3 is 12.0 Å². The maximum Gasteiger partial charge on any atom is 0.458 e. The highest BCUT2D eigenvalue weighted by atomic mass is 19.4. The lowest BCUT2D eigenvalue weighted by Crippen LogP contribution is -2.45. The van der Waals surface area contributed by atoms with Gasteiger partial charge in [0.25, 0.3) is 0 Å². The van der Waals surface area contributed by atoms with E-state index in [1.165, 1.54) is 6.20 Å². The van der Waals surface area contributed by atoms with Crippen LogP contribution in [0.1, 0.15) is 28.7 Å². The Kier molecular flexibility index (Phi) is 4.18. The Morgan fingerprint density at radius 2 is 1.92 bits per heavy atom. The van der Waals surface area contributed by atoms with E-state index in [1.54, 1.807) is 36.5 Å². The van der Waals surface area contributed by atoms with Gasteiger partial charge in [0.05, 0.1) is 17.7 Å². The normalized spacial score (nSPS) is 19.9. The van der Waals surface area contributed by atoms with Crippen LogP contribution in [0.15, 0.2) is 47.9 Å². The molecule has 0 radical (unpaired) electrons. The molecule has 0 amide bonds. The van der Waals surface area contributed by atoms with E-state index in [2.05, 4.69) is 15.0 Å². The zero-order valence-electron chi connectivity index (χ0n) is 12.8. The van der Waals surface area contributed by atoms with Gasteiger partial charge in [0.1, 0.15) is 6.07 Å². The van der Waals surface area contributed by atoms with Crippen molar-refractivity contribution in [1.29, 1.82) is 5.26 Å². The second-order valence-electron chi connectivity index (χ2n) is 5.66. The van der Waals surface area contributed by atoms with E-state index in [9.17, 15) is 18.3 Å². The molecule has 0 fully saturated rings. The third kappa shape index (κ3) is 3.46. The van der Waals surface area contributed by atoms with E-state index in [4.69, 9.17) is 5.26 Å². The lowest BCUT2D eigenvalue weighted by atomic mass is 9.99. The number of nitriles is 1. The summed E-state index contributed by atoms with van der Waals surface area (Å²) < 4.78 is 38.2. The van der Waals surface area contributed by atoms with Crippen LogP contribution in [0.3, 0.4) is 0 Å². The van der Waals surface area contributed by atoms with Crippen molar-refractivity contribution in [2.75, 3.05) is 0 Å². The molecule has 0 spiro atoms. The van der Waals surface area contributed by atoms with Crippen LogP contribution in [0, 0.1) is 11.3 Å². The SMILES string of the molecule is N#Cc1cncc(Cc2ccc(C3=NOC(O)(C(F)(F)F)C3)cc2)c1. The first-order valence-corrected chi connectivity index (χ1v) is 7.28. The third-order valence-electron chi connectivity index (χ3n) is 3.78. The summed E-state index contributed by atoms with van der Waals surface area (Å²) in [5.41, 5.74) is 2.66. The van der Waals surface area contributed by atoms with Gasteiger partial charge in [-0.25, -0.2) is 0 Å². The molecule has 0 bridgehead atoms. The molecule has 1 aliphatic heterocycles. The van der Waals surface area contributed by atoms with Crippen LogP contribution in [0.5, 0.6) is 0 Å². The van der Waals surface area contributed by atoms with Crippen LogP contribution in [0.25, 0.3) is 0 Å². The molecule has 5 nitrogen and oxygen atoms in total. The van der Waals surface area contributed by atoms with Gasteiger partial charge in [0.15, 0.2) is 0 Å². The molecule has 1 unspecified atom stereocenters. The van der Waals surface area contributed by atoms with Gasteiger partial charge in [0, 0.05) is 12.4 Å². The number of rotatable bonds is 3. The highest BCUT2D eigenvalue weighted by molar-refractivity contribution is 6.01. The zero-order valence-corrected chi connectivity index (χ0v) is 12.8. The first-order valence-electron chi connectivity index (χ1n) is 7.28. The summed E-state index contributed by atoms with van der Waals surface area (Å²) >= 11 is 0. The highest BCUT2D eigenvalue weighted by Crippen LogP contribution is 2.38. The summed E-state index contributed by atoms with van der Waals surface area (Å²) in [6, 6.07) is 10.4. The van der Waals surface area contributed by atoms with E-state index in [-0.39, 0.29) is 5.71 Å². The van der Waals surface area contributed by atoms with E-state index in [0.29, 0.717) is 17.5 Å². The molecule has 1 aromatic heterocycles. The fourth-order valence-corrected chi connectivity index (χ4v) is 2.42. The van der Waals surface area contributed by atoms with Crippen LogP contribution in [0.4, 0.5) is 13.2 Å². The zero-order chi connectivity index (χ0) is 18.1. The number of aliphatic hydroxyl groups is 1. The van der Waals surface area contributed by atoms with Gasteiger partial charge < -0.3 is 9.94 Å². The van der Waals surface area contributed by atoms with Gasteiger partial charge in [-0.1, -0.05) is 29.4 Å². The van der Waals surface area contributed by atoms with Crippen molar-refractivity contribution in [3.8, 4) is 6.07 Å². The van der Waals surface area contributed by atoms with Crippen LogP contribution in [0.2, 0.25) is 0 Å². The summed E-state index contributed by atoms with van der Waals surface area (Å²) in [7, 11) is 0. The number of halogens is 3. The van der Waals surface area contributed by atoms with Crippen LogP contribution in [-0.2, 0) is 11.3 Å². The molecule has 1 atom stereocenters. The monoisotopic (exact) mass is 347 g/mol. The van der Waals surface area contributed by atoms with E-state index in [1.807, 2.05) is 6.07 Å². The summed E-state index contributed by atoms with van der Waals surface area (Å²) in [6.45, 7) is 0. The Bertz CT molecular complexity index is 857. The fourth-order valence-electron chi connectivity index (χ4n) is 2.42. The van der Waals surface area contributed by atoms with Gasteiger partial charge in [-0.05, 0) is 29.2 Å². The quantitative estimate of drug-likeness (QED) is 0.926. The average Bonchev–Trinajstić information content (AvgIpc) is 2.99. The van der Waals surface area contributed by atoms with Crippen LogP contribution >= 0.6 is 0 Å². The molecule has 0 saturated heterocycles. The smallest absolute Gasteiger partial charge is 0.350 e. The predicted molar refractivity (Wildman–Crippen MR) is 81.4 cm³/mol. The average molecular weight is 347 g/mol. The molecule has 1 aliphatic rings. The molecule has 3 rings (SSSR count). The number of hydrogen-bond acceptors (Lipinski definition) is 5. The van der Waals surface area contributed by atoms with Crippen molar-refractivity contribution in [3.05, 3.63) is 65.0 Å². The van der Waals surface area contributed by atoms with Crippen molar-refractivity contribution >= 4 is 5.71 Å². The lowest BCUT2D eigenvalue weighted by Gasteiger charge is -2.22. The molecule has 1 aromatic carbocycles. The number of aromatic nitrogens is 1. The largest absolute Gasteiger partial charge is 0.458 e. The minimum Gasteiger partial charge on any atom is -0.350 e. The molecular weight excluding hydrogens is 335 g/mol. The second-order valence-corrected chi connectivity index (χ2v) is 5.66. The standard InChI is InChI=1S/C17H12F3N3O2/c18-17(19,20)16(24)7-15(23-25-16)14-3-1-11(2-4-14)5-12-6-13(8-21)10-22-9-12/h1-4,6,9-10,24H,5,7H2. The second kappa shape index (κ2) is 6.18. The van der Waals surface area contributed by atoms with E-state index < -0.39 is 18.4 Å². The van der Waals surface area contributed by atoms with Gasteiger partial charge in [-0.2, -0.15) is 18.4 Å². The molecule has 8 heteroatoms. The molecule has 0 saturated carbocycles. The number of nitrogens with zero attached hydrogens (tertiary/aromatic N) is 3. The van der Waals surface area contributed by atoms with E-state index in [0.717, 1.165) is 11.1 Å². The van der Waals surface area contributed by atoms with Crippen molar-refractivity contribution in [1.82, 2.24) is 4.98 Å². The summed E-state index contributed by atoms with van der Waals surface area (Å²) in [5.74, 6) is -3.27. The Labute approximate surface area is 141 Å². The van der Waals surface area contributed by atoms with Crippen molar-refractivity contribution in [2.24, 2.45) is 5.16 Å². The Hall–Kier alpha value is -2.92. The predicted octanol–water partition coefficient (Wildman–Crippen LogP) is 2.92. The molecular formula is C17H12F3N3O2. The maximum atomic E-state index is 12.7. The fraction of sp³-hybridized carbons (Fsp3) is 0.235. The molecule has 2 aromatic rings. The molecule has 0 aliphatic carbocycles. The number of pyridine rings is 1. The lowest BCUT2D eigenvalue weighted by molar-refractivity contribution is -0.355. The van der Waals surface area contributed by atoms with Crippen molar-refractivity contribution in [2.45, 2.75) is 24.8 Å². The summed E-state index contributed by atoms with van der Waals surface area (Å²) in [6.07, 6.45) is -2.04. The first kappa shape index (κ1) is 16.9. The number of oxime groups is 1. The molecule has 1 N–H and O–H groups in total. The number of alkyl halides is 3. The molecule has 2 heterocycles. The minimum atomic E-state index is -4.92. The van der Waals surface area contributed by atoms with Gasteiger partial charge in [-0.15, -0.1) is 0 Å². The summed E-state index contributed by atoms with van der Waals surface area (Å²) in [5, 5.41) is 21.7. The van der Waals surface area contributed by atoms with Crippen molar-refractivity contribution in [3.63, 3.8) is 0 Å². The first-order chi connectivity index (χ1) is 11.8. The maximum absolute atomic E-state index is 12.7. The molecule has 128 valence electrons. The third-order valence-corrected chi connectivity index (χ3v) is 3.78. The Balaban J connectivity index is 1.72. The number of benzene rings is 1. The Morgan fingerprint density at radius 1 is 1.20 bits per heavy atom.